The van der Waals surface area contributed by atoms with Gasteiger partial charge < -0.3 is 4.90 Å². The van der Waals surface area contributed by atoms with Gasteiger partial charge in [0.05, 0.1) is 11.3 Å². The quantitative estimate of drug-likeness (QED) is 0.630. The van der Waals surface area contributed by atoms with E-state index in [2.05, 4.69) is 4.98 Å². The maximum atomic E-state index is 12.4. The van der Waals surface area contributed by atoms with Crippen molar-refractivity contribution in [1.29, 1.82) is 0 Å². The number of likely N-dealkylation sites (tertiary alicyclic amines) is 1. The van der Waals surface area contributed by atoms with Crippen molar-refractivity contribution < 1.29 is 4.79 Å². The van der Waals surface area contributed by atoms with Gasteiger partial charge in [-0.05, 0) is 24.3 Å². The molecule has 0 aliphatic carbocycles. The molecular formula is C16H21N3O2S2. The zero-order valence-corrected chi connectivity index (χ0v) is 14.9. The Hall–Kier alpha value is -1.34. The van der Waals surface area contributed by atoms with Crippen molar-refractivity contribution in [3.05, 3.63) is 21.8 Å². The number of fused-ring (bicyclic) bond motifs is 1. The first-order valence-corrected chi connectivity index (χ1v) is 9.88. The van der Waals surface area contributed by atoms with Crippen LogP contribution in [-0.2, 0) is 11.8 Å². The van der Waals surface area contributed by atoms with Crippen molar-refractivity contribution in [2.75, 3.05) is 18.8 Å². The minimum absolute atomic E-state index is 0.0359. The van der Waals surface area contributed by atoms with Gasteiger partial charge in [-0.3, -0.25) is 14.2 Å². The lowest BCUT2D eigenvalue weighted by Gasteiger charge is -2.24. The molecule has 2 aromatic heterocycles. The lowest BCUT2D eigenvalue weighted by molar-refractivity contribution is -0.128. The van der Waals surface area contributed by atoms with Gasteiger partial charge in [-0.25, -0.2) is 4.98 Å². The van der Waals surface area contributed by atoms with Crippen molar-refractivity contribution in [1.82, 2.24) is 14.5 Å². The van der Waals surface area contributed by atoms with Gasteiger partial charge in [-0.1, -0.05) is 31.0 Å². The summed E-state index contributed by atoms with van der Waals surface area (Å²) in [7, 11) is 1.72. The molecule has 0 radical (unpaired) electrons. The van der Waals surface area contributed by atoms with Gasteiger partial charge in [0.2, 0.25) is 5.91 Å². The molecule has 0 saturated carbocycles. The van der Waals surface area contributed by atoms with E-state index < -0.39 is 0 Å². The monoisotopic (exact) mass is 351 g/mol. The predicted molar refractivity (Wildman–Crippen MR) is 95.3 cm³/mol. The average molecular weight is 351 g/mol. The van der Waals surface area contributed by atoms with E-state index in [4.69, 9.17) is 0 Å². The van der Waals surface area contributed by atoms with Crippen molar-refractivity contribution in [3.63, 3.8) is 0 Å². The molecule has 1 fully saturated rings. The summed E-state index contributed by atoms with van der Waals surface area (Å²) in [6.07, 6.45) is 5.88. The Morgan fingerprint density at radius 1 is 1.26 bits per heavy atom. The Kier molecular flexibility index (Phi) is 5.38. The van der Waals surface area contributed by atoms with Crippen molar-refractivity contribution in [2.45, 2.75) is 37.3 Å². The molecule has 1 aliphatic heterocycles. The van der Waals surface area contributed by atoms with Gasteiger partial charge in [0.15, 0.2) is 5.16 Å². The summed E-state index contributed by atoms with van der Waals surface area (Å²) in [5.74, 6) is 0.493. The molecular weight excluding hydrogens is 330 g/mol. The Morgan fingerprint density at radius 3 is 2.70 bits per heavy atom. The SMILES string of the molecule is Cn1c(SCC(=O)N2CCCCCCC2)nc2ccsc2c1=O. The van der Waals surface area contributed by atoms with Gasteiger partial charge in [-0.2, -0.15) is 0 Å². The second-order valence-corrected chi connectivity index (χ2v) is 7.69. The Labute approximate surface area is 143 Å². The largest absolute Gasteiger partial charge is 0.342 e. The number of carbonyl (C=O) groups excluding carboxylic acids is 1. The Balaban J connectivity index is 1.68. The molecule has 1 amide bonds. The number of hydrogen-bond donors (Lipinski definition) is 0. The van der Waals surface area contributed by atoms with Gasteiger partial charge >= 0.3 is 0 Å². The van der Waals surface area contributed by atoms with Crippen LogP contribution in [0.25, 0.3) is 10.2 Å². The number of amides is 1. The summed E-state index contributed by atoms with van der Waals surface area (Å²) in [5.41, 5.74) is 0.686. The van der Waals surface area contributed by atoms with E-state index in [1.165, 1.54) is 42.4 Å². The summed E-state index contributed by atoms with van der Waals surface area (Å²) in [6.45, 7) is 1.71. The molecule has 1 aliphatic rings. The van der Waals surface area contributed by atoms with Crippen molar-refractivity contribution in [2.24, 2.45) is 7.05 Å². The molecule has 3 heterocycles. The topological polar surface area (TPSA) is 55.2 Å². The lowest BCUT2D eigenvalue weighted by Crippen LogP contribution is -2.35. The molecule has 5 nitrogen and oxygen atoms in total. The first-order chi connectivity index (χ1) is 11.2. The number of hydrogen-bond acceptors (Lipinski definition) is 5. The number of nitrogens with zero attached hydrogens (tertiary/aromatic N) is 3. The highest BCUT2D eigenvalue weighted by Gasteiger charge is 2.17. The second-order valence-electron chi connectivity index (χ2n) is 5.83. The van der Waals surface area contributed by atoms with E-state index in [1.807, 2.05) is 16.3 Å². The third kappa shape index (κ3) is 3.77. The fourth-order valence-electron chi connectivity index (χ4n) is 2.81. The molecule has 3 rings (SSSR count). The number of thiophene rings is 1. The fraction of sp³-hybridized carbons (Fsp3) is 0.562. The Morgan fingerprint density at radius 2 is 1.96 bits per heavy atom. The molecule has 0 spiro atoms. The number of aromatic nitrogens is 2. The van der Waals surface area contributed by atoms with Gasteiger partial charge in [0.25, 0.3) is 5.56 Å². The normalized spacial score (nSPS) is 16.3. The van der Waals surface area contributed by atoms with Gasteiger partial charge in [0.1, 0.15) is 4.70 Å². The molecule has 0 bridgehead atoms. The summed E-state index contributed by atoms with van der Waals surface area (Å²) in [4.78, 5) is 31.2. The zero-order valence-electron chi connectivity index (χ0n) is 13.3. The van der Waals surface area contributed by atoms with Crippen molar-refractivity contribution >= 4 is 39.2 Å². The Bertz CT molecular complexity index is 745. The molecule has 0 N–H and O–H groups in total. The maximum Gasteiger partial charge on any atom is 0.271 e. The van der Waals surface area contributed by atoms with E-state index >= 15 is 0 Å². The van der Waals surface area contributed by atoms with Crippen molar-refractivity contribution in [3.8, 4) is 0 Å². The highest BCUT2D eigenvalue weighted by Crippen LogP contribution is 2.21. The van der Waals surface area contributed by atoms with Crippen LogP contribution in [0.2, 0.25) is 0 Å². The molecule has 0 unspecified atom stereocenters. The zero-order chi connectivity index (χ0) is 16.2. The molecule has 1 saturated heterocycles. The minimum Gasteiger partial charge on any atom is -0.342 e. The molecule has 23 heavy (non-hydrogen) atoms. The summed E-state index contributed by atoms with van der Waals surface area (Å²) >= 11 is 2.77. The van der Waals surface area contributed by atoms with Crippen LogP contribution in [0.1, 0.15) is 32.1 Å². The molecule has 0 atom stereocenters. The van der Waals surface area contributed by atoms with E-state index in [1.54, 1.807) is 11.6 Å². The number of rotatable bonds is 3. The van der Waals surface area contributed by atoms with Crippen LogP contribution in [0.4, 0.5) is 0 Å². The first-order valence-electron chi connectivity index (χ1n) is 8.01. The van der Waals surface area contributed by atoms with Crippen LogP contribution in [0.15, 0.2) is 21.4 Å². The van der Waals surface area contributed by atoms with Crippen LogP contribution in [0.5, 0.6) is 0 Å². The summed E-state index contributed by atoms with van der Waals surface area (Å²) < 4.78 is 2.22. The van der Waals surface area contributed by atoms with E-state index in [-0.39, 0.29) is 11.5 Å². The van der Waals surface area contributed by atoms with Crippen LogP contribution in [-0.4, -0.2) is 39.2 Å². The summed E-state index contributed by atoms with van der Waals surface area (Å²) in [6, 6.07) is 1.85. The third-order valence-electron chi connectivity index (χ3n) is 4.18. The average Bonchev–Trinajstić information content (AvgIpc) is 2.97. The third-order valence-corrected chi connectivity index (χ3v) is 6.09. The van der Waals surface area contributed by atoms with Crippen LogP contribution < -0.4 is 5.56 Å². The van der Waals surface area contributed by atoms with E-state index in [0.29, 0.717) is 15.6 Å². The minimum atomic E-state index is -0.0359. The molecule has 124 valence electrons. The molecule has 2 aromatic rings. The smallest absolute Gasteiger partial charge is 0.271 e. The van der Waals surface area contributed by atoms with E-state index in [0.717, 1.165) is 31.4 Å². The maximum absolute atomic E-state index is 12.4. The number of thioether (sulfide) groups is 1. The second kappa shape index (κ2) is 7.49. The lowest BCUT2D eigenvalue weighted by atomic mass is 10.1. The van der Waals surface area contributed by atoms with Crippen LogP contribution >= 0.6 is 23.1 Å². The first kappa shape index (κ1) is 16.5. The highest BCUT2D eigenvalue weighted by atomic mass is 32.2. The highest BCUT2D eigenvalue weighted by molar-refractivity contribution is 7.99. The van der Waals surface area contributed by atoms with E-state index in [9.17, 15) is 9.59 Å². The molecule has 0 aromatic carbocycles. The summed E-state index contributed by atoms with van der Waals surface area (Å²) in [5, 5.41) is 2.49. The predicted octanol–water partition coefficient (Wildman–Crippen LogP) is 2.88. The fourth-order valence-corrected chi connectivity index (χ4v) is 4.49. The van der Waals surface area contributed by atoms with Gasteiger partial charge in [-0.15, -0.1) is 11.3 Å². The van der Waals surface area contributed by atoms with Crippen LogP contribution in [0.3, 0.4) is 0 Å². The molecule has 7 heteroatoms. The standard InChI is InChI=1S/C16H21N3O2S2/c1-18-15(21)14-12(7-10-22-14)17-16(18)23-11-13(20)19-8-5-3-2-4-6-9-19/h7,10H,2-6,8-9,11H2,1H3. The number of carbonyl (C=O) groups is 1. The van der Waals surface area contributed by atoms with Crippen LogP contribution in [0, 0.1) is 0 Å². The van der Waals surface area contributed by atoms with Gasteiger partial charge in [0, 0.05) is 20.1 Å².